The van der Waals surface area contributed by atoms with Gasteiger partial charge < -0.3 is 10.5 Å². The number of nitrogen functional groups attached to an aromatic ring is 1. The van der Waals surface area contributed by atoms with Gasteiger partial charge in [0.25, 0.3) is 0 Å². The standard InChI is InChI=1S/C10H17N3O2S/c1-5-15-10(14)7-8(11)13(6(2)3)12-9(7)16-4/h6H,5,11H2,1-4H3. The Balaban J connectivity index is 3.20. The second-order valence-corrected chi connectivity index (χ2v) is 4.32. The van der Waals surface area contributed by atoms with Gasteiger partial charge in [0.1, 0.15) is 16.4 Å². The van der Waals surface area contributed by atoms with Crippen LogP contribution in [0.4, 0.5) is 5.82 Å². The lowest BCUT2D eigenvalue weighted by atomic mass is 10.3. The zero-order valence-electron chi connectivity index (χ0n) is 9.98. The van der Waals surface area contributed by atoms with Gasteiger partial charge in [-0.3, -0.25) is 0 Å². The number of aromatic nitrogens is 2. The molecule has 5 nitrogen and oxygen atoms in total. The van der Waals surface area contributed by atoms with Crippen molar-refractivity contribution in [1.82, 2.24) is 9.78 Å². The predicted molar refractivity (Wildman–Crippen MR) is 64.8 cm³/mol. The van der Waals surface area contributed by atoms with Gasteiger partial charge >= 0.3 is 5.97 Å². The Labute approximate surface area is 99.3 Å². The highest BCUT2D eigenvalue weighted by molar-refractivity contribution is 7.98. The van der Waals surface area contributed by atoms with Crippen molar-refractivity contribution in [2.24, 2.45) is 0 Å². The molecule has 1 rings (SSSR count). The number of esters is 1. The fourth-order valence-electron chi connectivity index (χ4n) is 1.36. The number of carbonyl (C=O) groups excluding carboxylic acids is 1. The highest BCUT2D eigenvalue weighted by Gasteiger charge is 2.23. The lowest BCUT2D eigenvalue weighted by molar-refractivity contribution is 0.0523. The summed E-state index contributed by atoms with van der Waals surface area (Å²) >= 11 is 1.39. The number of hydrogen-bond acceptors (Lipinski definition) is 5. The van der Waals surface area contributed by atoms with Crippen LogP contribution < -0.4 is 5.73 Å². The normalized spacial score (nSPS) is 10.8. The lowest BCUT2D eigenvalue weighted by Crippen LogP contribution is -2.11. The quantitative estimate of drug-likeness (QED) is 0.646. The first kappa shape index (κ1) is 12.9. The molecule has 0 atom stereocenters. The van der Waals surface area contributed by atoms with E-state index in [1.807, 2.05) is 20.1 Å². The summed E-state index contributed by atoms with van der Waals surface area (Å²) in [5, 5.41) is 4.90. The summed E-state index contributed by atoms with van der Waals surface area (Å²) in [6.07, 6.45) is 1.86. The van der Waals surface area contributed by atoms with Crippen molar-refractivity contribution in [2.45, 2.75) is 31.8 Å². The van der Waals surface area contributed by atoms with Crippen LogP contribution in [0.15, 0.2) is 5.03 Å². The van der Waals surface area contributed by atoms with Crippen molar-refractivity contribution < 1.29 is 9.53 Å². The Morgan fingerprint density at radius 1 is 1.62 bits per heavy atom. The predicted octanol–water partition coefficient (Wildman–Crippen LogP) is 1.94. The van der Waals surface area contributed by atoms with Crippen molar-refractivity contribution in [2.75, 3.05) is 18.6 Å². The molecule has 0 unspecified atom stereocenters. The van der Waals surface area contributed by atoms with Crippen LogP contribution >= 0.6 is 11.8 Å². The summed E-state index contributed by atoms with van der Waals surface area (Å²) in [7, 11) is 0. The van der Waals surface area contributed by atoms with Crippen LogP contribution in [0.5, 0.6) is 0 Å². The molecule has 0 amide bonds. The fourth-order valence-corrected chi connectivity index (χ4v) is 1.92. The summed E-state index contributed by atoms with van der Waals surface area (Å²) in [6.45, 7) is 6.02. The van der Waals surface area contributed by atoms with Crippen LogP contribution in [0.25, 0.3) is 0 Å². The molecule has 0 fully saturated rings. The van der Waals surface area contributed by atoms with Crippen LogP contribution in [0.3, 0.4) is 0 Å². The SMILES string of the molecule is CCOC(=O)c1c(SC)nn(C(C)C)c1N. The minimum Gasteiger partial charge on any atom is -0.462 e. The zero-order valence-corrected chi connectivity index (χ0v) is 10.8. The molecule has 90 valence electrons. The van der Waals surface area contributed by atoms with Crippen molar-refractivity contribution in [3.63, 3.8) is 0 Å². The Bertz CT molecular complexity index is 388. The highest BCUT2D eigenvalue weighted by atomic mass is 32.2. The molecule has 0 aliphatic heterocycles. The Morgan fingerprint density at radius 3 is 2.69 bits per heavy atom. The molecule has 0 aromatic carbocycles. The summed E-state index contributed by atoms with van der Waals surface area (Å²) in [5.41, 5.74) is 6.28. The van der Waals surface area contributed by atoms with Crippen LogP contribution in [0.1, 0.15) is 37.2 Å². The average Bonchev–Trinajstić information content (AvgIpc) is 2.55. The third kappa shape index (κ3) is 2.32. The van der Waals surface area contributed by atoms with E-state index < -0.39 is 5.97 Å². The summed E-state index contributed by atoms with van der Waals surface area (Å²) < 4.78 is 6.60. The molecule has 6 heteroatoms. The number of nitrogens with zero attached hydrogens (tertiary/aromatic N) is 2. The molecule has 0 bridgehead atoms. The van der Waals surface area contributed by atoms with E-state index in [1.165, 1.54) is 11.8 Å². The van der Waals surface area contributed by atoms with Crippen molar-refractivity contribution in [1.29, 1.82) is 0 Å². The van der Waals surface area contributed by atoms with Crippen molar-refractivity contribution >= 4 is 23.5 Å². The van der Waals surface area contributed by atoms with E-state index in [0.717, 1.165) is 0 Å². The fraction of sp³-hybridized carbons (Fsp3) is 0.600. The molecule has 2 N–H and O–H groups in total. The molecule has 0 spiro atoms. The van der Waals surface area contributed by atoms with E-state index >= 15 is 0 Å². The molecule has 1 heterocycles. The molecular formula is C10H17N3O2S. The van der Waals surface area contributed by atoms with Gasteiger partial charge in [0, 0.05) is 6.04 Å². The number of ether oxygens (including phenoxy) is 1. The van der Waals surface area contributed by atoms with Gasteiger partial charge in [-0.1, -0.05) is 0 Å². The highest BCUT2D eigenvalue weighted by Crippen LogP contribution is 2.27. The number of nitrogens with two attached hydrogens (primary N) is 1. The summed E-state index contributed by atoms with van der Waals surface area (Å²) in [5.74, 6) is -0.0333. The monoisotopic (exact) mass is 243 g/mol. The van der Waals surface area contributed by atoms with Crippen molar-refractivity contribution in [3.8, 4) is 0 Å². The number of rotatable bonds is 4. The minimum atomic E-state index is -0.406. The van der Waals surface area contributed by atoms with Crippen LogP contribution in [0.2, 0.25) is 0 Å². The summed E-state index contributed by atoms with van der Waals surface area (Å²) in [4.78, 5) is 11.7. The smallest absolute Gasteiger partial charge is 0.344 e. The van der Waals surface area contributed by atoms with Gasteiger partial charge in [0.2, 0.25) is 0 Å². The summed E-state index contributed by atoms with van der Waals surface area (Å²) in [6, 6.07) is 0.120. The molecule has 0 aliphatic carbocycles. The first-order chi connectivity index (χ1) is 7.52. The number of carbonyl (C=O) groups is 1. The van der Waals surface area contributed by atoms with Gasteiger partial charge in [-0.25, -0.2) is 9.48 Å². The van der Waals surface area contributed by atoms with E-state index in [-0.39, 0.29) is 6.04 Å². The topological polar surface area (TPSA) is 70.1 Å². The lowest BCUT2D eigenvalue weighted by Gasteiger charge is -2.07. The van der Waals surface area contributed by atoms with E-state index in [2.05, 4.69) is 5.10 Å². The van der Waals surface area contributed by atoms with E-state index in [9.17, 15) is 4.79 Å². The zero-order chi connectivity index (χ0) is 12.3. The molecular weight excluding hydrogens is 226 g/mol. The van der Waals surface area contributed by atoms with Gasteiger partial charge in [-0.05, 0) is 27.0 Å². The van der Waals surface area contributed by atoms with Crippen molar-refractivity contribution in [3.05, 3.63) is 5.56 Å². The van der Waals surface area contributed by atoms with Gasteiger partial charge in [-0.15, -0.1) is 11.8 Å². The van der Waals surface area contributed by atoms with E-state index in [0.29, 0.717) is 23.0 Å². The third-order valence-electron chi connectivity index (χ3n) is 2.08. The third-order valence-corrected chi connectivity index (χ3v) is 2.75. The minimum absolute atomic E-state index is 0.120. The number of anilines is 1. The average molecular weight is 243 g/mol. The van der Waals surface area contributed by atoms with Crippen LogP contribution in [-0.4, -0.2) is 28.6 Å². The maximum absolute atomic E-state index is 11.7. The first-order valence-corrected chi connectivity index (χ1v) is 6.34. The molecule has 0 saturated heterocycles. The van der Waals surface area contributed by atoms with Crippen LogP contribution in [-0.2, 0) is 4.74 Å². The van der Waals surface area contributed by atoms with Gasteiger partial charge in [-0.2, -0.15) is 5.10 Å². The first-order valence-electron chi connectivity index (χ1n) is 5.12. The van der Waals surface area contributed by atoms with Gasteiger partial charge in [0.15, 0.2) is 0 Å². The number of hydrogen-bond donors (Lipinski definition) is 1. The Kier molecular flexibility index (Phi) is 4.23. The number of thioether (sulfide) groups is 1. The maximum atomic E-state index is 11.7. The second kappa shape index (κ2) is 5.25. The molecule has 1 aromatic heterocycles. The van der Waals surface area contributed by atoms with E-state index in [1.54, 1.807) is 11.6 Å². The van der Waals surface area contributed by atoms with Crippen LogP contribution in [0, 0.1) is 0 Å². The Hall–Kier alpha value is -1.17. The largest absolute Gasteiger partial charge is 0.462 e. The Morgan fingerprint density at radius 2 is 2.25 bits per heavy atom. The molecule has 1 aromatic rings. The molecule has 0 saturated carbocycles. The maximum Gasteiger partial charge on any atom is 0.344 e. The molecule has 0 aliphatic rings. The van der Waals surface area contributed by atoms with E-state index in [4.69, 9.17) is 10.5 Å². The molecule has 16 heavy (non-hydrogen) atoms. The van der Waals surface area contributed by atoms with Gasteiger partial charge in [0.05, 0.1) is 6.61 Å². The second-order valence-electron chi connectivity index (χ2n) is 3.53. The molecule has 0 radical (unpaired) electrons.